The topological polar surface area (TPSA) is 127 Å². The third-order valence-electron chi connectivity index (χ3n) is 3.10. The molecule has 9 nitrogen and oxygen atoms in total. The highest BCUT2D eigenvalue weighted by molar-refractivity contribution is 9.10. The van der Waals surface area contributed by atoms with Crippen molar-refractivity contribution in [3.63, 3.8) is 0 Å². The molecular weight excluding hydrogens is 422 g/mol. The fourth-order valence-electron chi connectivity index (χ4n) is 1.87. The Bertz CT molecular complexity index is 822. The number of imide groups is 1. The number of carbonyl (C=O) groups is 4. The highest BCUT2D eigenvalue weighted by atomic mass is 79.9. The van der Waals surface area contributed by atoms with Gasteiger partial charge in [-0.1, -0.05) is 22.0 Å². The number of hydrogen-bond acceptors (Lipinski definition) is 6. The van der Waals surface area contributed by atoms with Crippen molar-refractivity contribution in [3.05, 3.63) is 58.5 Å². The Morgan fingerprint density at radius 1 is 1.07 bits per heavy atom. The van der Waals surface area contributed by atoms with Crippen molar-refractivity contribution in [2.75, 3.05) is 13.2 Å². The molecule has 0 aliphatic heterocycles. The maximum Gasteiger partial charge on any atom is 0.325 e. The standard InChI is InChI=1S/C17H16BrN3O6/c18-12-4-1-3-11(7-12)16(24)19-9-15(23)27-10-14(22)21-17(25)20-8-13-5-2-6-26-13/h1-7H,8-10H2,(H,19,24)(H2,20,21,22,25). The van der Waals surface area contributed by atoms with Gasteiger partial charge in [0.25, 0.3) is 11.8 Å². The molecule has 0 unspecified atom stereocenters. The zero-order valence-electron chi connectivity index (χ0n) is 14.0. The van der Waals surface area contributed by atoms with Gasteiger partial charge < -0.3 is 19.8 Å². The minimum Gasteiger partial charge on any atom is -0.467 e. The van der Waals surface area contributed by atoms with Gasteiger partial charge in [0, 0.05) is 10.0 Å². The Kier molecular flexibility index (Phi) is 7.56. The van der Waals surface area contributed by atoms with Gasteiger partial charge in [0.1, 0.15) is 12.3 Å². The highest BCUT2D eigenvalue weighted by Crippen LogP contribution is 2.11. The number of ether oxygens (including phenoxy) is 1. The van der Waals surface area contributed by atoms with E-state index in [1.54, 1.807) is 36.4 Å². The van der Waals surface area contributed by atoms with Gasteiger partial charge in [-0.3, -0.25) is 19.7 Å². The van der Waals surface area contributed by atoms with Gasteiger partial charge in [-0.25, -0.2) is 4.79 Å². The third kappa shape index (κ3) is 7.32. The maximum atomic E-state index is 11.9. The number of amides is 4. The second-order valence-corrected chi connectivity index (χ2v) is 6.08. The van der Waals surface area contributed by atoms with E-state index in [0.29, 0.717) is 11.3 Å². The molecule has 1 heterocycles. The van der Waals surface area contributed by atoms with Crippen LogP contribution in [0.5, 0.6) is 0 Å². The molecule has 0 aliphatic carbocycles. The molecule has 1 aromatic heterocycles. The molecule has 0 saturated carbocycles. The van der Waals surface area contributed by atoms with Crippen molar-refractivity contribution in [1.82, 2.24) is 16.0 Å². The number of carbonyl (C=O) groups excluding carboxylic acids is 4. The van der Waals surface area contributed by atoms with E-state index < -0.39 is 37.0 Å². The van der Waals surface area contributed by atoms with Crippen molar-refractivity contribution in [2.24, 2.45) is 0 Å². The lowest BCUT2D eigenvalue weighted by molar-refractivity contribution is -0.147. The molecule has 27 heavy (non-hydrogen) atoms. The first-order valence-electron chi connectivity index (χ1n) is 7.73. The molecule has 0 aliphatic rings. The molecule has 3 N–H and O–H groups in total. The van der Waals surface area contributed by atoms with Crippen molar-refractivity contribution < 1.29 is 28.3 Å². The second kappa shape index (κ2) is 10.1. The summed E-state index contributed by atoms with van der Waals surface area (Å²) in [6.45, 7) is -0.962. The van der Waals surface area contributed by atoms with Crippen LogP contribution in [0.4, 0.5) is 4.79 Å². The fourth-order valence-corrected chi connectivity index (χ4v) is 2.27. The normalized spacial score (nSPS) is 9.96. The van der Waals surface area contributed by atoms with E-state index in [0.717, 1.165) is 4.47 Å². The number of halogens is 1. The van der Waals surface area contributed by atoms with E-state index in [1.165, 1.54) is 6.26 Å². The number of urea groups is 1. The SMILES string of the molecule is O=C(COC(=O)CNC(=O)c1cccc(Br)c1)NC(=O)NCc1ccco1. The van der Waals surface area contributed by atoms with Gasteiger partial charge >= 0.3 is 12.0 Å². The lowest BCUT2D eigenvalue weighted by Gasteiger charge is -2.08. The maximum absolute atomic E-state index is 11.9. The average Bonchev–Trinajstić information content (AvgIpc) is 3.16. The number of benzene rings is 1. The molecular formula is C17H16BrN3O6. The Hall–Kier alpha value is -3.14. The Balaban J connectivity index is 1.63. The Labute approximate surface area is 162 Å². The molecule has 0 radical (unpaired) electrons. The summed E-state index contributed by atoms with van der Waals surface area (Å²) >= 11 is 3.24. The predicted molar refractivity (Wildman–Crippen MR) is 96.5 cm³/mol. The molecule has 0 fully saturated rings. The van der Waals surface area contributed by atoms with Crippen LogP contribution < -0.4 is 16.0 Å². The minimum atomic E-state index is -0.815. The molecule has 142 valence electrons. The van der Waals surface area contributed by atoms with E-state index in [1.807, 2.05) is 5.32 Å². The van der Waals surface area contributed by atoms with Crippen molar-refractivity contribution in [2.45, 2.75) is 6.54 Å². The highest BCUT2D eigenvalue weighted by Gasteiger charge is 2.13. The first kappa shape index (κ1) is 20.2. The van der Waals surface area contributed by atoms with Crippen LogP contribution in [0.1, 0.15) is 16.1 Å². The number of esters is 1. The number of rotatable bonds is 7. The predicted octanol–water partition coefficient (Wildman–Crippen LogP) is 1.34. The molecule has 2 aromatic rings. The van der Waals surface area contributed by atoms with Gasteiger partial charge in [0.2, 0.25) is 0 Å². The summed E-state index contributed by atoms with van der Waals surface area (Å²) in [7, 11) is 0. The van der Waals surface area contributed by atoms with E-state index in [-0.39, 0.29) is 6.54 Å². The first-order chi connectivity index (χ1) is 12.9. The van der Waals surface area contributed by atoms with Crippen LogP contribution in [0.3, 0.4) is 0 Å². The van der Waals surface area contributed by atoms with Gasteiger partial charge in [-0.15, -0.1) is 0 Å². The zero-order chi connectivity index (χ0) is 19.6. The lowest BCUT2D eigenvalue weighted by Crippen LogP contribution is -2.41. The third-order valence-corrected chi connectivity index (χ3v) is 3.59. The van der Waals surface area contributed by atoms with Crippen LogP contribution >= 0.6 is 15.9 Å². The number of hydrogen-bond donors (Lipinski definition) is 3. The quantitative estimate of drug-likeness (QED) is 0.560. The van der Waals surface area contributed by atoms with Gasteiger partial charge in [-0.05, 0) is 30.3 Å². The van der Waals surface area contributed by atoms with Crippen molar-refractivity contribution >= 4 is 39.7 Å². The second-order valence-electron chi connectivity index (χ2n) is 5.16. The minimum absolute atomic E-state index is 0.105. The molecule has 0 spiro atoms. The molecule has 2 rings (SSSR count). The summed E-state index contributed by atoms with van der Waals surface area (Å²) in [5.41, 5.74) is 0.364. The summed E-state index contributed by atoms with van der Waals surface area (Å²) in [6.07, 6.45) is 1.45. The molecule has 0 atom stereocenters. The van der Waals surface area contributed by atoms with Crippen LogP contribution in [0, 0.1) is 0 Å². The van der Waals surface area contributed by atoms with E-state index in [2.05, 4.69) is 26.6 Å². The summed E-state index contributed by atoms with van der Waals surface area (Å²) in [5, 5.41) is 6.77. The Morgan fingerprint density at radius 3 is 2.59 bits per heavy atom. The number of furan rings is 1. The van der Waals surface area contributed by atoms with Crippen LogP contribution in [-0.2, 0) is 20.9 Å². The van der Waals surface area contributed by atoms with E-state index in [4.69, 9.17) is 9.15 Å². The van der Waals surface area contributed by atoms with Crippen molar-refractivity contribution in [3.8, 4) is 0 Å². The van der Waals surface area contributed by atoms with Gasteiger partial charge in [0.15, 0.2) is 6.61 Å². The number of nitrogens with one attached hydrogen (secondary N) is 3. The molecule has 0 bridgehead atoms. The van der Waals surface area contributed by atoms with Crippen LogP contribution in [0.25, 0.3) is 0 Å². The summed E-state index contributed by atoms with van der Waals surface area (Å²) in [5.74, 6) is -1.57. The molecule has 0 saturated heterocycles. The lowest BCUT2D eigenvalue weighted by atomic mass is 10.2. The average molecular weight is 438 g/mol. The van der Waals surface area contributed by atoms with Crippen molar-refractivity contribution in [1.29, 1.82) is 0 Å². The largest absolute Gasteiger partial charge is 0.467 e. The summed E-state index contributed by atoms with van der Waals surface area (Å²) < 4.78 is 10.4. The summed E-state index contributed by atoms with van der Waals surface area (Å²) in [6, 6.07) is 9.18. The molecule has 10 heteroatoms. The molecule has 1 aromatic carbocycles. The van der Waals surface area contributed by atoms with E-state index >= 15 is 0 Å². The smallest absolute Gasteiger partial charge is 0.325 e. The fraction of sp³-hybridized carbons (Fsp3) is 0.176. The van der Waals surface area contributed by atoms with Gasteiger partial charge in [0.05, 0.1) is 12.8 Å². The van der Waals surface area contributed by atoms with E-state index in [9.17, 15) is 19.2 Å². The summed E-state index contributed by atoms with van der Waals surface area (Å²) in [4.78, 5) is 46.5. The van der Waals surface area contributed by atoms with Crippen LogP contribution in [-0.4, -0.2) is 37.0 Å². The Morgan fingerprint density at radius 2 is 1.89 bits per heavy atom. The zero-order valence-corrected chi connectivity index (χ0v) is 15.6. The van der Waals surface area contributed by atoms with Crippen LogP contribution in [0.15, 0.2) is 51.6 Å². The monoisotopic (exact) mass is 437 g/mol. The van der Waals surface area contributed by atoms with Crippen LogP contribution in [0.2, 0.25) is 0 Å². The first-order valence-corrected chi connectivity index (χ1v) is 8.53. The molecule has 4 amide bonds. The van der Waals surface area contributed by atoms with Gasteiger partial charge in [-0.2, -0.15) is 0 Å².